The lowest BCUT2D eigenvalue weighted by Gasteiger charge is -2.09. The quantitative estimate of drug-likeness (QED) is 0.395. The molecule has 7 heteroatoms. The van der Waals surface area contributed by atoms with Gasteiger partial charge >= 0.3 is 0 Å². The second-order valence-corrected chi connectivity index (χ2v) is 4.46. The minimum atomic E-state index is -0.566. The summed E-state index contributed by atoms with van der Waals surface area (Å²) in [5.41, 5.74) is 5.10. The number of thioether (sulfide) groups is 1. The average Bonchev–Trinajstić information content (AvgIpc) is 2.82. The highest BCUT2D eigenvalue weighted by Crippen LogP contribution is 2.06. The zero-order valence-electron chi connectivity index (χ0n) is 10.5. The molecule has 4 N–H and O–H groups in total. The molecule has 0 radical (unpaired) electrons. The van der Waals surface area contributed by atoms with Crippen molar-refractivity contribution in [1.29, 1.82) is 0 Å². The minimum Gasteiger partial charge on any atom is -0.454 e. The Morgan fingerprint density at radius 2 is 2.28 bits per heavy atom. The Labute approximate surface area is 110 Å². The topological polar surface area (TPSA) is 92.6 Å². The summed E-state index contributed by atoms with van der Waals surface area (Å²) in [7, 11) is 1.70. The summed E-state index contributed by atoms with van der Waals surface area (Å²) in [6.45, 7) is 1.29. The maximum absolute atomic E-state index is 10.9. The van der Waals surface area contributed by atoms with Gasteiger partial charge in [0.2, 0.25) is 0 Å². The molecule has 1 aromatic rings. The zero-order chi connectivity index (χ0) is 13.4. The minimum absolute atomic E-state index is 0.164. The van der Waals surface area contributed by atoms with Gasteiger partial charge in [0.15, 0.2) is 11.7 Å². The monoisotopic (exact) mass is 270 g/mol. The first-order valence-corrected chi connectivity index (χ1v) is 6.88. The van der Waals surface area contributed by atoms with Crippen molar-refractivity contribution in [3.8, 4) is 0 Å². The first-order valence-electron chi connectivity index (χ1n) is 5.49. The molecule has 0 saturated carbocycles. The Morgan fingerprint density at radius 1 is 1.50 bits per heavy atom. The van der Waals surface area contributed by atoms with Crippen molar-refractivity contribution in [1.82, 2.24) is 10.6 Å². The predicted molar refractivity (Wildman–Crippen MR) is 73.8 cm³/mol. The zero-order valence-corrected chi connectivity index (χ0v) is 11.3. The van der Waals surface area contributed by atoms with Crippen LogP contribution in [0.3, 0.4) is 0 Å². The summed E-state index contributed by atoms with van der Waals surface area (Å²) >= 11 is 1.76. The Bertz CT molecular complexity index is 417. The molecule has 0 saturated heterocycles. The van der Waals surface area contributed by atoms with Gasteiger partial charge in [0.05, 0.1) is 6.54 Å². The molecule has 1 heterocycles. The van der Waals surface area contributed by atoms with Crippen LogP contribution in [-0.2, 0) is 6.54 Å². The molecule has 6 nitrogen and oxygen atoms in total. The molecular weight excluding hydrogens is 252 g/mol. The molecule has 0 aliphatic heterocycles. The molecule has 1 amide bonds. The van der Waals surface area contributed by atoms with Gasteiger partial charge in [-0.1, -0.05) is 0 Å². The average molecular weight is 270 g/mol. The van der Waals surface area contributed by atoms with Crippen LogP contribution >= 0.6 is 11.8 Å². The third-order valence-electron chi connectivity index (χ3n) is 2.16. The third-order valence-corrected chi connectivity index (χ3v) is 2.77. The number of nitrogens with one attached hydrogen (secondary N) is 2. The van der Waals surface area contributed by atoms with E-state index < -0.39 is 5.91 Å². The van der Waals surface area contributed by atoms with E-state index in [1.807, 2.05) is 6.26 Å². The van der Waals surface area contributed by atoms with Crippen LogP contribution in [0.1, 0.15) is 16.3 Å². The van der Waals surface area contributed by atoms with Gasteiger partial charge < -0.3 is 20.8 Å². The number of amides is 1. The number of rotatable bonds is 6. The lowest BCUT2D eigenvalue weighted by Crippen LogP contribution is -2.37. The van der Waals surface area contributed by atoms with Crippen LogP contribution in [0.15, 0.2) is 21.5 Å². The van der Waals surface area contributed by atoms with Gasteiger partial charge in [-0.2, -0.15) is 11.8 Å². The summed E-state index contributed by atoms with van der Waals surface area (Å²) in [5.74, 6) is 1.94. The summed E-state index contributed by atoms with van der Waals surface area (Å²) in [4.78, 5) is 14.9. The highest BCUT2D eigenvalue weighted by atomic mass is 32.2. The molecule has 0 aliphatic carbocycles. The van der Waals surface area contributed by atoms with Gasteiger partial charge in [0.25, 0.3) is 5.91 Å². The van der Waals surface area contributed by atoms with E-state index in [9.17, 15) is 4.79 Å². The predicted octanol–water partition coefficient (Wildman–Crippen LogP) is 0.407. The summed E-state index contributed by atoms with van der Waals surface area (Å²) in [6, 6.07) is 3.27. The number of aliphatic imine (C=N–C) groups is 1. The van der Waals surface area contributed by atoms with Gasteiger partial charge in [0.1, 0.15) is 5.76 Å². The fourth-order valence-electron chi connectivity index (χ4n) is 1.27. The fraction of sp³-hybridized carbons (Fsp3) is 0.455. The Balaban J connectivity index is 2.40. The maximum Gasteiger partial charge on any atom is 0.284 e. The van der Waals surface area contributed by atoms with Gasteiger partial charge in [-0.15, -0.1) is 0 Å². The lowest BCUT2D eigenvalue weighted by atomic mass is 10.4. The summed E-state index contributed by atoms with van der Waals surface area (Å²) in [6.07, 6.45) is 2.05. The van der Waals surface area contributed by atoms with E-state index in [4.69, 9.17) is 10.2 Å². The van der Waals surface area contributed by atoms with Gasteiger partial charge in [-0.05, 0) is 18.4 Å². The largest absolute Gasteiger partial charge is 0.454 e. The maximum atomic E-state index is 10.9. The van der Waals surface area contributed by atoms with E-state index in [1.165, 1.54) is 0 Å². The third kappa shape index (κ3) is 4.70. The van der Waals surface area contributed by atoms with E-state index in [2.05, 4.69) is 15.6 Å². The Kier molecular flexibility index (Phi) is 6.13. The molecule has 0 atom stereocenters. The van der Waals surface area contributed by atoms with Crippen molar-refractivity contribution in [3.05, 3.63) is 23.7 Å². The number of carbonyl (C=O) groups excluding carboxylic acids is 1. The number of primary amides is 1. The normalized spacial score (nSPS) is 11.3. The summed E-state index contributed by atoms with van der Waals surface area (Å²) in [5, 5.41) is 6.24. The molecule has 1 rings (SSSR count). The lowest BCUT2D eigenvalue weighted by molar-refractivity contribution is 0.0972. The van der Waals surface area contributed by atoms with Gasteiger partial charge in [-0.25, -0.2) is 0 Å². The van der Waals surface area contributed by atoms with Crippen LogP contribution in [0.2, 0.25) is 0 Å². The number of nitrogens with two attached hydrogens (primary N) is 1. The summed E-state index contributed by atoms with van der Waals surface area (Å²) < 4.78 is 5.24. The molecule has 0 bridgehead atoms. The molecule has 18 heavy (non-hydrogen) atoms. The van der Waals surface area contributed by atoms with Crippen molar-refractivity contribution in [2.45, 2.75) is 6.54 Å². The van der Waals surface area contributed by atoms with Gasteiger partial charge in [-0.3, -0.25) is 9.79 Å². The van der Waals surface area contributed by atoms with E-state index in [0.29, 0.717) is 18.3 Å². The van der Waals surface area contributed by atoms with Crippen molar-refractivity contribution in [2.24, 2.45) is 10.7 Å². The second kappa shape index (κ2) is 7.65. The molecule has 0 spiro atoms. The second-order valence-electron chi connectivity index (χ2n) is 3.48. The number of nitrogens with zero attached hydrogens (tertiary/aromatic N) is 1. The SMILES string of the molecule is CN=C(NCCSC)NCc1ccc(C(N)=O)o1. The van der Waals surface area contributed by atoms with E-state index in [-0.39, 0.29) is 5.76 Å². The molecule has 100 valence electrons. The molecule has 1 aromatic heterocycles. The van der Waals surface area contributed by atoms with Crippen LogP contribution < -0.4 is 16.4 Å². The van der Waals surface area contributed by atoms with Crippen molar-refractivity contribution in [2.75, 3.05) is 25.6 Å². The van der Waals surface area contributed by atoms with Crippen LogP contribution in [0.4, 0.5) is 0 Å². The molecule has 0 aliphatic rings. The van der Waals surface area contributed by atoms with E-state index in [1.54, 1.807) is 30.9 Å². The van der Waals surface area contributed by atoms with Crippen LogP contribution in [0, 0.1) is 0 Å². The Morgan fingerprint density at radius 3 is 2.83 bits per heavy atom. The first kappa shape index (κ1) is 14.4. The molecule has 0 unspecified atom stereocenters. The molecule has 0 aromatic carbocycles. The number of carbonyl (C=O) groups is 1. The smallest absolute Gasteiger partial charge is 0.284 e. The van der Waals surface area contributed by atoms with Crippen LogP contribution in [-0.4, -0.2) is 37.5 Å². The van der Waals surface area contributed by atoms with Crippen LogP contribution in [0.5, 0.6) is 0 Å². The number of guanidine groups is 1. The number of hydrogen-bond acceptors (Lipinski definition) is 4. The van der Waals surface area contributed by atoms with E-state index >= 15 is 0 Å². The fourth-order valence-corrected chi connectivity index (χ4v) is 1.57. The highest BCUT2D eigenvalue weighted by molar-refractivity contribution is 7.98. The van der Waals surface area contributed by atoms with E-state index in [0.717, 1.165) is 12.3 Å². The molecular formula is C11H18N4O2S. The highest BCUT2D eigenvalue weighted by Gasteiger charge is 2.07. The number of hydrogen-bond donors (Lipinski definition) is 3. The van der Waals surface area contributed by atoms with Crippen LogP contribution in [0.25, 0.3) is 0 Å². The number of furan rings is 1. The standard InChI is InChI=1S/C11H18N4O2S/c1-13-11(14-5-6-18-2)15-7-8-3-4-9(17-8)10(12)16/h3-4H,5-7H2,1-2H3,(H2,12,16)(H2,13,14,15). The van der Waals surface area contributed by atoms with Gasteiger partial charge in [0, 0.05) is 19.3 Å². The van der Waals surface area contributed by atoms with Crippen molar-refractivity contribution >= 4 is 23.6 Å². The first-order chi connectivity index (χ1) is 8.67. The Hall–Kier alpha value is -1.63. The molecule has 0 fully saturated rings. The van der Waals surface area contributed by atoms with Crippen molar-refractivity contribution in [3.63, 3.8) is 0 Å². The van der Waals surface area contributed by atoms with Crippen molar-refractivity contribution < 1.29 is 9.21 Å².